The van der Waals surface area contributed by atoms with Gasteiger partial charge in [-0.3, -0.25) is 14.6 Å². The van der Waals surface area contributed by atoms with Gasteiger partial charge < -0.3 is 14.5 Å². The summed E-state index contributed by atoms with van der Waals surface area (Å²) < 4.78 is 16.5. The molecule has 0 unspecified atom stereocenters. The summed E-state index contributed by atoms with van der Waals surface area (Å²) in [6, 6.07) is 10.4. The summed E-state index contributed by atoms with van der Waals surface area (Å²) in [5.41, 5.74) is 1.29. The third-order valence-corrected chi connectivity index (χ3v) is 6.59. The van der Waals surface area contributed by atoms with E-state index in [1.807, 2.05) is 29.2 Å². The number of benzene rings is 1. The molecule has 1 aliphatic heterocycles. The molecule has 32 heavy (non-hydrogen) atoms. The zero-order valence-corrected chi connectivity index (χ0v) is 19.8. The molecule has 172 valence electrons. The van der Waals surface area contributed by atoms with Crippen LogP contribution in [0.4, 0.5) is 10.1 Å². The van der Waals surface area contributed by atoms with Crippen molar-refractivity contribution in [2.24, 2.45) is 0 Å². The van der Waals surface area contributed by atoms with Gasteiger partial charge in [0.15, 0.2) is 0 Å². The SMILES string of the molecule is CCCSNc1ccc(C(=O)N2CCCN(C(=O)C(C)(C)c3ccc(F)cn3)CC2)cc1. The number of anilines is 1. The number of carbonyl (C=O) groups is 2. The van der Waals surface area contributed by atoms with Gasteiger partial charge in [0.05, 0.1) is 17.3 Å². The smallest absolute Gasteiger partial charge is 0.253 e. The molecule has 2 aromatic rings. The van der Waals surface area contributed by atoms with Gasteiger partial charge in [0, 0.05) is 43.2 Å². The lowest BCUT2D eigenvalue weighted by atomic mass is 9.87. The lowest BCUT2D eigenvalue weighted by Crippen LogP contribution is -2.45. The van der Waals surface area contributed by atoms with Crippen molar-refractivity contribution in [2.45, 2.75) is 39.0 Å². The third-order valence-electron chi connectivity index (χ3n) is 5.60. The van der Waals surface area contributed by atoms with E-state index in [1.54, 1.807) is 36.8 Å². The Balaban J connectivity index is 1.61. The first kappa shape index (κ1) is 24.0. The molecule has 0 saturated carbocycles. The zero-order chi connectivity index (χ0) is 23.1. The van der Waals surface area contributed by atoms with Crippen LogP contribution < -0.4 is 4.72 Å². The predicted molar refractivity (Wildman–Crippen MR) is 127 cm³/mol. The molecule has 3 rings (SSSR count). The highest BCUT2D eigenvalue weighted by molar-refractivity contribution is 8.00. The highest BCUT2D eigenvalue weighted by Crippen LogP contribution is 2.25. The van der Waals surface area contributed by atoms with Gasteiger partial charge in [-0.2, -0.15) is 0 Å². The average molecular weight is 459 g/mol. The first-order chi connectivity index (χ1) is 15.3. The molecule has 1 aliphatic rings. The Hall–Kier alpha value is -2.61. The second kappa shape index (κ2) is 10.8. The Labute approximate surface area is 193 Å². The molecule has 0 radical (unpaired) electrons. The van der Waals surface area contributed by atoms with Crippen molar-refractivity contribution in [3.8, 4) is 0 Å². The van der Waals surface area contributed by atoms with Crippen LogP contribution in [0.1, 0.15) is 49.7 Å². The van der Waals surface area contributed by atoms with Crippen LogP contribution in [0.2, 0.25) is 0 Å². The van der Waals surface area contributed by atoms with Crippen molar-refractivity contribution >= 4 is 29.4 Å². The van der Waals surface area contributed by atoms with Crippen molar-refractivity contribution in [2.75, 3.05) is 36.7 Å². The van der Waals surface area contributed by atoms with E-state index in [4.69, 9.17) is 0 Å². The minimum absolute atomic E-state index is 0.0217. The number of pyridine rings is 1. The lowest BCUT2D eigenvalue weighted by Gasteiger charge is -2.31. The maximum atomic E-state index is 13.2. The van der Waals surface area contributed by atoms with Crippen molar-refractivity contribution in [1.29, 1.82) is 0 Å². The van der Waals surface area contributed by atoms with Crippen LogP contribution in [-0.4, -0.2) is 58.5 Å². The number of carbonyl (C=O) groups excluding carboxylic acids is 2. The Kier molecular flexibility index (Phi) is 8.12. The summed E-state index contributed by atoms with van der Waals surface area (Å²) in [5, 5.41) is 0. The fraction of sp³-hybridized carbons (Fsp3) is 0.458. The largest absolute Gasteiger partial charge is 0.340 e. The molecule has 2 amide bonds. The third kappa shape index (κ3) is 5.79. The van der Waals surface area contributed by atoms with Gasteiger partial charge >= 0.3 is 0 Å². The minimum Gasteiger partial charge on any atom is -0.340 e. The molecule has 0 bridgehead atoms. The van der Waals surface area contributed by atoms with Gasteiger partial charge in [0.2, 0.25) is 5.91 Å². The highest BCUT2D eigenvalue weighted by Gasteiger charge is 2.36. The zero-order valence-electron chi connectivity index (χ0n) is 18.9. The van der Waals surface area contributed by atoms with Crippen LogP contribution in [0, 0.1) is 5.82 Å². The normalized spacial score (nSPS) is 14.8. The van der Waals surface area contributed by atoms with Gasteiger partial charge in [-0.1, -0.05) is 18.9 Å². The standard InChI is InChI=1S/C24H31FN4O2S/c1-4-16-32-27-20-9-6-18(7-10-20)22(30)28-12-5-13-29(15-14-28)23(31)24(2,3)21-11-8-19(25)17-26-21/h6-11,17,27H,4-5,12-16H2,1-3H3. The molecular formula is C24H31FN4O2S. The van der Waals surface area contributed by atoms with E-state index in [-0.39, 0.29) is 11.8 Å². The number of rotatable bonds is 7. The Morgan fingerprint density at radius 1 is 1.06 bits per heavy atom. The molecular weight excluding hydrogens is 427 g/mol. The van der Waals surface area contributed by atoms with E-state index in [0.29, 0.717) is 43.9 Å². The highest BCUT2D eigenvalue weighted by atomic mass is 32.2. The van der Waals surface area contributed by atoms with E-state index >= 15 is 0 Å². The lowest BCUT2D eigenvalue weighted by molar-refractivity contribution is -0.136. The first-order valence-corrected chi connectivity index (χ1v) is 12.0. The van der Waals surface area contributed by atoms with Crippen LogP contribution in [0.5, 0.6) is 0 Å². The van der Waals surface area contributed by atoms with Crippen LogP contribution in [-0.2, 0) is 10.2 Å². The van der Waals surface area contributed by atoms with Crippen LogP contribution in [0.15, 0.2) is 42.6 Å². The van der Waals surface area contributed by atoms with E-state index < -0.39 is 11.2 Å². The Morgan fingerprint density at radius 3 is 2.41 bits per heavy atom. The van der Waals surface area contributed by atoms with E-state index in [0.717, 1.165) is 24.1 Å². The van der Waals surface area contributed by atoms with Crippen LogP contribution in [0.25, 0.3) is 0 Å². The van der Waals surface area contributed by atoms with Crippen molar-refractivity contribution < 1.29 is 14.0 Å². The summed E-state index contributed by atoms with van der Waals surface area (Å²) in [4.78, 5) is 33.9. The molecule has 8 heteroatoms. The quantitative estimate of drug-likeness (QED) is 0.494. The molecule has 1 fully saturated rings. The number of amides is 2. The molecule has 1 saturated heterocycles. The topological polar surface area (TPSA) is 65.5 Å². The number of nitrogens with zero attached hydrogens (tertiary/aromatic N) is 3. The number of nitrogens with one attached hydrogen (secondary N) is 1. The van der Waals surface area contributed by atoms with Gasteiger partial charge in [0.1, 0.15) is 5.82 Å². The van der Waals surface area contributed by atoms with E-state index in [2.05, 4.69) is 16.6 Å². The monoisotopic (exact) mass is 458 g/mol. The van der Waals surface area contributed by atoms with E-state index in [9.17, 15) is 14.0 Å². The fourth-order valence-electron chi connectivity index (χ4n) is 3.67. The summed E-state index contributed by atoms with van der Waals surface area (Å²) >= 11 is 1.65. The molecule has 0 atom stereocenters. The number of hydrogen-bond donors (Lipinski definition) is 1. The molecule has 6 nitrogen and oxygen atoms in total. The molecule has 1 aromatic heterocycles. The number of aromatic nitrogens is 1. The van der Waals surface area contributed by atoms with Crippen molar-refractivity contribution in [1.82, 2.24) is 14.8 Å². The molecule has 1 N–H and O–H groups in total. The average Bonchev–Trinajstić information content (AvgIpc) is 3.05. The van der Waals surface area contributed by atoms with Crippen LogP contribution >= 0.6 is 11.9 Å². The maximum absolute atomic E-state index is 13.2. The van der Waals surface area contributed by atoms with Gasteiger partial charge in [-0.15, -0.1) is 0 Å². The first-order valence-electron chi connectivity index (χ1n) is 11.0. The van der Waals surface area contributed by atoms with Crippen molar-refractivity contribution in [3.63, 3.8) is 0 Å². The molecule has 1 aromatic carbocycles. The summed E-state index contributed by atoms with van der Waals surface area (Å²) in [7, 11) is 0. The fourth-order valence-corrected chi connectivity index (χ4v) is 4.28. The summed E-state index contributed by atoms with van der Waals surface area (Å²) in [6.07, 6.45) is 2.94. The number of hydrogen-bond acceptors (Lipinski definition) is 5. The Morgan fingerprint density at radius 2 is 1.75 bits per heavy atom. The van der Waals surface area contributed by atoms with Crippen LogP contribution in [0.3, 0.4) is 0 Å². The Bertz CT molecular complexity index is 919. The molecule has 2 heterocycles. The second-order valence-electron chi connectivity index (χ2n) is 8.45. The van der Waals surface area contributed by atoms with Gasteiger partial charge in [-0.05, 0) is 63.1 Å². The predicted octanol–water partition coefficient (Wildman–Crippen LogP) is 4.34. The number of halogens is 1. The maximum Gasteiger partial charge on any atom is 0.253 e. The minimum atomic E-state index is -0.870. The molecule has 0 spiro atoms. The van der Waals surface area contributed by atoms with Gasteiger partial charge in [0.25, 0.3) is 5.91 Å². The summed E-state index contributed by atoms with van der Waals surface area (Å²) in [5.74, 6) is 0.513. The second-order valence-corrected chi connectivity index (χ2v) is 9.35. The summed E-state index contributed by atoms with van der Waals surface area (Å²) in [6.45, 7) is 7.85. The van der Waals surface area contributed by atoms with E-state index in [1.165, 1.54) is 6.07 Å². The van der Waals surface area contributed by atoms with Crippen molar-refractivity contribution in [3.05, 3.63) is 59.7 Å². The molecule has 0 aliphatic carbocycles. The van der Waals surface area contributed by atoms with Gasteiger partial charge in [-0.25, -0.2) is 4.39 Å².